The minimum atomic E-state index is -4.36. The third-order valence-electron chi connectivity index (χ3n) is 2.37. The minimum absolute atomic E-state index is 0. The van der Waals surface area contributed by atoms with E-state index in [0.717, 1.165) is 12.1 Å². The summed E-state index contributed by atoms with van der Waals surface area (Å²) in [5.74, 6) is 0.393. The van der Waals surface area contributed by atoms with Crippen LogP contribution in [0.4, 0.5) is 13.2 Å². The van der Waals surface area contributed by atoms with E-state index in [1.807, 2.05) is 0 Å². The summed E-state index contributed by atoms with van der Waals surface area (Å²) in [6, 6.07) is 6.55. The number of nitrogens with two attached hydrogens (primary N) is 1. The first-order valence-corrected chi connectivity index (χ1v) is 5.20. The van der Waals surface area contributed by atoms with Gasteiger partial charge in [-0.15, -0.1) is 12.4 Å². The maximum atomic E-state index is 12.6. The van der Waals surface area contributed by atoms with Crippen molar-refractivity contribution < 1.29 is 13.2 Å². The zero-order valence-corrected chi connectivity index (χ0v) is 10.5. The highest BCUT2D eigenvalue weighted by Gasteiger charge is 2.30. The molecule has 2 aromatic rings. The molecular formula is C12H11ClF3N3. The zero-order valence-electron chi connectivity index (χ0n) is 9.69. The van der Waals surface area contributed by atoms with Crippen molar-refractivity contribution in [1.29, 1.82) is 0 Å². The molecule has 102 valence electrons. The largest absolute Gasteiger partial charge is 0.416 e. The number of hydrogen-bond acceptors (Lipinski definition) is 3. The summed E-state index contributed by atoms with van der Waals surface area (Å²) in [6.07, 6.45) is -2.88. The molecule has 2 rings (SSSR count). The van der Waals surface area contributed by atoms with Crippen molar-refractivity contribution in [2.75, 3.05) is 0 Å². The fraction of sp³-hybridized carbons (Fsp3) is 0.167. The molecule has 0 amide bonds. The molecule has 7 heteroatoms. The number of aromatic nitrogens is 2. The van der Waals surface area contributed by atoms with Gasteiger partial charge in [0.25, 0.3) is 0 Å². The average molecular weight is 290 g/mol. The molecule has 0 bridgehead atoms. The highest BCUT2D eigenvalue weighted by Crippen LogP contribution is 2.31. The standard InChI is InChI=1S/C12H10F3N3.ClH/c13-12(14,15)9-3-1-2-8(6-9)10-4-5-17-11(7-16)18-10;/h1-6H,7,16H2;1H. The van der Waals surface area contributed by atoms with Gasteiger partial charge in [0, 0.05) is 11.8 Å². The van der Waals surface area contributed by atoms with Crippen LogP contribution in [0.15, 0.2) is 36.5 Å². The van der Waals surface area contributed by atoms with Gasteiger partial charge in [-0.25, -0.2) is 9.97 Å². The second-order valence-corrected chi connectivity index (χ2v) is 3.64. The quantitative estimate of drug-likeness (QED) is 0.924. The van der Waals surface area contributed by atoms with E-state index in [2.05, 4.69) is 9.97 Å². The van der Waals surface area contributed by atoms with Gasteiger partial charge in [0.1, 0.15) is 5.82 Å². The van der Waals surface area contributed by atoms with E-state index in [0.29, 0.717) is 17.1 Å². The van der Waals surface area contributed by atoms with Gasteiger partial charge in [-0.2, -0.15) is 13.2 Å². The van der Waals surface area contributed by atoms with Crippen molar-refractivity contribution >= 4 is 12.4 Å². The molecule has 0 unspecified atom stereocenters. The van der Waals surface area contributed by atoms with E-state index in [-0.39, 0.29) is 19.0 Å². The number of halogens is 4. The van der Waals surface area contributed by atoms with E-state index in [1.54, 1.807) is 12.1 Å². The molecule has 0 aliphatic heterocycles. The van der Waals surface area contributed by atoms with E-state index in [1.165, 1.54) is 12.3 Å². The molecule has 0 spiro atoms. The molecule has 1 aromatic heterocycles. The lowest BCUT2D eigenvalue weighted by Crippen LogP contribution is -2.05. The van der Waals surface area contributed by atoms with Crippen molar-refractivity contribution in [3.8, 4) is 11.3 Å². The average Bonchev–Trinajstić information content (AvgIpc) is 2.38. The minimum Gasteiger partial charge on any atom is -0.324 e. The van der Waals surface area contributed by atoms with Crippen LogP contribution in [0.1, 0.15) is 11.4 Å². The molecule has 1 heterocycles. The van der Waals surface area contributed by atoms with Crippen LogP contribution in [0, 0.1) is 0 Å². The fourth-order valence-electron chi connectivity index (χ4n) is 1.51. The Balaban J connectivity index is 0.00000180. The van der Waals surface area contributed by atoms with Gasteiger partial charge in [-0.05, 0) is 18.2 Å². The molecule has 0 saturated heterocycles. The van der Waals surface area contributed by atoms with Gasteiger partial charge in [0.15, 0.2) is 0 Å². The summed E-state index contributed by atoms with van der Waals surface area (Å²) >= 11 is 0. The number of alkyl halides is 3. The first-order valence-electron chi connectivity index (χ1n) is 5.20. The maximum Gasteiger partial charge on any atom is 0.416 e. The van der Waals surface area contributed by atoms with Crippen LogP contribution in [0.25, 0.3) is 11.3 Å². The molecule has 2 N–H and O–H groups in total. The van der Waals surface area contributed by atoms with Crippen molar-refractivity contribution in [1.82, 2.24) is 9.97 Å². The normalized spacial score (nSPS) is 10.9. The molecule has 19 heavy (non-hydrogen) atoms. The molecule has 3 nitrogen and oxygen atoms in total. The van der Waals surface area contributed by atoms with Crippen LogP contribution < -0.4 is 5.73 Å². The lowest BCUT2D eigenvalue weighted by molar-refractivity contribution is -0.137. The number of benzene rings is 1. The molecule has 0 aliphatic carbocycles. The van der Waals surface area contributed by atoms with Gasteiger partial charge in [0.05, 0.1) is 17.8 Å². The van der Waals surface area contributed by atoms with Gasteiger partial charge in [-0.3, -0.25) is 0 Å². The molecular weight excluding hydrogens is 279 g/mol. The van der Waals surface area contributed by atoms with Crippen molar-refractivity contribution in [3.63, 3.8) is 0 Å². The van der Waals surface area contributed by atoms with Crippen molar-refractivity contribution in [2.24, 2.45) is 5.73 Å². The number of nitrogens with zero attached hydrogens (tertiary/aromatic N) is 2. The highest BCUT2D eigenvalue weighted by atomic mass is 35.5. The Morgan fingerprint density at radius 2 is 1.89 bits per heavy atom. The third-order valence-corrected chi connectivity index (χ3v) is 2.37. The molecule has 0 radical (unpaired) electrons. The van der Waals surface area contributed by atoms with Gasteiger partial charge < -0.3 is 5.73 Å². The predicted molar refractivity (Wildman–Crippen MR) is 67.6 cm³/mol. The lowest BCUT2D eigenvalue weighted by atomic mass is 10.1. The number of rotatable bonds is 2. The fourth-order valence-corrected chi connectivity index (χ4v) is 1.51. The SMILES string of the molecule is Cl.NCc1nccc(-c2cccc(C(F)(F)F)c2)n1. The smallest absolute Gasteiger partial charge is 0.324 e. The van der Waals surface area contributed by atoms with Gasteiger partial charge in [-0.1, -0.05) is 12.1 Å². The van der Waals surface area contributed by atoms with E-state index in [9.17, 15) is 13.2 Å². The summed E-state index contributed by atoms with van der Waals surface area (Å²) in [4.78, 5) is 7.98. The first kappa shape index (κ1) is 15.4. The second kappa shape index (κ2) is 5.99. The van der Waals surface area contributed by atoms with E-state index in [4.69, 9.17) is 5.73 Å². The summed E-state index contributed by atoms with van der Waals surface area (Å²) in [6.45, 7) is 0.146. The summed E-state index contributed by atoms with van der Waals surface area (Å²) in [5.41, 5.74) is 5.51. The monoisotopic (exact) mass is 289 g/mol. The molecule has 0 atom stereocenters. The van der Waals surface area contributed by atoms with Crippen LogP contribution in [0.3, 0.4) is 0 Å². The van der Waals surface area contributed by atoms with Crippen molar-refractivity contribution in [3.05, 3.63) is 47.9 Å². The van der Waals surface area contributed by atoms with Gasteiger partial charge >= 0.3 is 6.18 Å². The number of hydrogen-bond donors (Lipinski definition) is 1. The zero-order chi connectivity index (χ0) is 13.2. The van der Waals surface area contributed by atoms with E-state index < -0.39 is 11.7 Å². The summed E-state index contributed by atoms with van der Waals surface area (Å²) in [5, 5.41) is 0. The van der Waals surface area contributed by atoms with Crippen LogP contribution in [0.2, 0.25) is 0 Å². The van der Waals surface area contributed by atoms with Gasteiger partial charge in [0.2, 0.25) is 0 Å². The Morgan fingerprint density at radius 1 is 1.16 bits per heavy atom. The first-order chi connectivity index (χ1) is 8.50. The Morgan fingerprint density at radius 3 is 2.53 bits per heavy atom. The Bertz CT molecular complexity index is 558. The Kier molecular flexibility index (Phi) is 4.85. The van der Waals surface area contributed by atoms with Crippen LogP contribution in [0.5, 0.6) is 0 Å². The Labute approximate surface area is 114 Å². The van der Waals surface area contributed by atoms with Crippen molar-refractivity contribution in [2.45, 2.75) is 12.7 Å². The molecule has 0 fully saturated rings. The highest BCUT2D eigenvalue weighted by molar-refractivity contribution is 5.85. The molecule has 1 aromatic carbocycles. The maximum absolute atomic E-state index is 12.6. The summed E-state index contributed by atoms with van der Waals surface area (Å²) < 4.78 is 37.7. The topological polar surface area (TPSA) is 51.8 Å². The Hall–Kier alpha value is -1.66. The van der Waals surface area contributed by atoms with Crippen LogP contribution in [-0.4, -0.2) is 9.97 Å². The third kappa shape index (κ3) is 3.65. The predicted octanol–water partition coefficient (Wildman–Crippen LogP) is 3.04. The molecule has 0 saturated carbocycles. The molecule has 0 aliphatic rings. The lowest BCUT2D eigenvalue weighted by Gasteiger charge is -2.08. The second-order valence-electron chi connectivity index (χ2n) is 3.64. The summed E-state index contributed by atoms with van der Waals surface area (Å²) in [7, 11) is 0. The van der Waals surface area contributed by atoms with E-state index >= 15 is 0 Å². The van der Waals surface area contributed by atoms with Crippen LogP contribution >= 0.6 is 12.4 Å². The van der Waals surface area contributed by atoms with Crippen LogP contribution in [-0.2, 0) is 12.7 Å².